The van der Waals surface area contributed by atoms with E-state index in [9.17, 15) is 9.59 Å². The third kappa shape index (κ3) is 6.28. The largest absolute Gasteiger partial charge is 0.495 e. The molecule has 10 nitrogen and oxygen atoms in total. The van der Waals surface area contributed by atoms with Gasteiger partial charge in [0.05, 0.1) is 19.4 Å². The molecule has 2 N–H and O–H groups in total. The third-order valence-electron chi connectivity index (χ3n) is 6.44. The molecule has 1 aromatic heterocycles. The SMILES string of the molecule is CCOC(=O)CCCCCNC(=O)Nc1cc(-c2nc3cc(-c4ccc5c(c4)OCO5)ccc3o2)ccc1OC. The van der Waals surface area contributed by atoms with Gasteiger partial charge in [-0.05, 0) is 73.4 Å². The van der Waals surface area contributed by atoms with Crippen LogP contribution in [-0.2, 0) is 9.53 Å². The Hall–Kier alpha value is -4.73. The van der Waals surface area contributed by atoms with Crippen molar-refractivity contribution in [3.8, 4) is 39.8 Å². The van der Waals surface area contributed by atoms with E-state index >= 15 is 0 Å². The van der Waals surface area contributed by atoms with Crippen LogP contribution in [-0.4, -0.2) is 44.0 Å². The maximum absolute atomic E-state index is 12.5. The van der Waals surface area contributed by atoms with Gasteiger partial charge in [0, 0.05) is 18.5 Å². The highest BCUT2D eigenvalue weighted by Crippen LogP contribution is 2.37. The van der Waals surface area contributed by atoms with E-state index in [2.05, 4.69) is 10.6 Å². The first-order valence-electron chi connectivity index (χ1n) is 13.2. The maximum atomic E-state index is 12.5. The van der Waals surface area contributed by atoms with E-state index in [1.54, 1.807) is 26.2 Å². The van der Waals surface area contributed by atoms with Crippen LogP contribution in [0.4, 0.5) is 10.5 Å². The molecule has 4 aromatic rings. The molecule has 2 amide bonds. The van der Waals surface area contributed by atoms with Crippen molar-refractivity contribution in [2.45, 2.75) is 32.6 Å². The molecule has 40 heavy (non-hydrogen) atoms. The van der Waals surface area contributed by atoms with Crippen molar-refractivity contribution in [1.82, 2.24) is 10.3 Å². The van der Waals surface area contributed by atoms with Crippen LogP contribution in [0.3, 0.4) is 0 Å². The summed E-state index contributed by atoms with van der Waals surface area (Å²) in [5.74, 6) is 2.19. The number of ether oxygens (including phenoxy) is 4. The molecule has 1 aliphatic heterocycles. The summed E-state index contributed by atoms with van der Waals surface area (Å²) in [6.07, 6.45) is 2.67. The number of hydrogen-bond acceptors (Lipinski definition) is 8. The summed E-state index contributed by atoms with van der Waals surface area (Å²) < 4.78 is 27.3. The highest BCUT2D eigenvalue weighted by atomic mass is 16.7. The first kappa shape index (κ1) is 26.9. The van der Waals surface area contributed by atoms with Crippen molar-refractivity contribution in [1.29, 1.82) is 0 Å². The number of nitrogens with one attached hydrogen (secondary N) is 2. The molecule has 0 atom stereocenters. The van der Waals surface area contributed by atoms with Gasteiger partial charge in [-0.3, -0.25) is 4.79 Å². The van der Waals surface area contributed by atoms with Crippen LogP contribution in [0, 0.1) is 0 Å². The number of aromatic nitrogens is 1. The molecular weight excluding hydrogens is 514 g/mol. The number of oxazole rings is 1. The molecule has 3 aromatic carbocycles. The molecule has 0 spiro atoms. The van der Waals surface area contributed by atoms with Crippen LogP contribution in [0.5, 0.6) is 17.2 Å². The highest BCUT2D eigenvalue weighted by Gasteiger charge is 2.16. The van der Waals surface area contributed by atoms with Crippen molar-refractivity contribution in [2.75, 3.05) is 32.4 Å². The number of carbonyl (C=O) groups excluding carboxylic acids is 2. The van der Waals surface area contributed by atoms with Gasteiger partial charge in [-0.2, -0.15) is 0 Å². The van der Waals surface area contributed by atoms with Gasteiger partial charge in [-0.25, -0.2) is 9.78 Å². The topological polar surface area (TPSA) is 121 Å². The normalized spacial score (nSPS) is 11.8. The zero-order valence-corrected chi connectivity index (χ0v) is 22.5. The highest BCUT2D eigenvalue weighted by molar-refractivity contribution is 5.92. The van der Waals surface area contributed by atoms with Gasteiger partial charge >= 0.3 is 12.0 Å². The van der Waals surface area contributed by atoms with Crippen molar-refractivity contribution in [3.63, 3.8) is 0 Å². The summed E-state index contributed by atoms with van der Waals surface area (Å²) in [7, 11) is 1.54. The molecule has 208 valence electrons. The van der Waals surface area contributed by atoms with E-state index < -0.39 is 0 Å². The van der Waals surface area contributed by atoms with Crippen molar-refractivity contribution < 1.29 is 33.0 Å². The Bertz CT molecular complexity index is 1510. The minimum Gasteiger partial charge on any atom is -0.495 e. The summed E-state index contributed by atoms with van der Waals surface area (Å²) in [5.41, 5.74) is 4.48. The number of urea groups is 1. The predicted octanol–water partition coefficient (Wildman–Crippen LogP) is 6.14. The smallest absolute Gasteiger partial charge is 0.319 e. The molecule has 2 heterocycles. The molecule has 5 rings (SSSR count). The summed E-state index contributed by atoms with van der Waals surface area (Å²) in [6.45, 7) is 2.88. The number of esters is 1. The first-order chi connectivity index (χ1) is 19.5. The van der Waals surface area contributed by atoms with Gasteiger partial charge in [0.15, 0.2) is 17.1 Å². The molecule has 0 saturated carbocycles. The average molecular weight is 546 g/mol. The molecule has 10 heteroatoms. The van der Waals surface area contributed by atoms with E-state index in [0.29, 0.717) is 53.6 Å². The minimum atomic E-state index is -0.355. The number of fused-ring (bicyclic) bond motifs is 2. The third-order valence-corrected chi connectivity index (χ3v) is 6.44. The second kappa shape index (κ2) is 12.4. The lowest BCUT2D eigenvalue weighted by atomic mass is 10.0. The average Bonchev–Trinajstić information content (AvgIpc) is 3.61. The summed E-state index contributed by atoms with van der Waals surface area (Å²) in [5, 5.41) is 5.68. The summed E-state index contributed by atoms with van der Waals surface area (Å²) in [6, 6.07) is 16.6. The van der Waals surface area contributed by atoms with Crippen LogP contribution >= 0.6 is 0 Å². The van der Waals surface area contributed by atoms with Gasteiger partial charge in [-0.1, -0.05) is 18.6 Å². The number of anilines is 1. The lowest BCUT2D eigenvalue weighted by molar-refractivity contribution is -0.143. The number of methoxy groups -OCH3 is 1. The van der Waals surface area contributed by atoms with Crippen LogP contribution in [0.1, 0.15) is 32.6 Å². The van der Waals surface area contributed by atoms with Gasteiger partial charge < -0.3 is 34.0 Å². The number of hydrogen-bond donors (Lipinski definition) is 2. The summed E-state index contributed by atoms with van der Waals surface area (Å²) in [4.78, 5) is 28.6. The monoisotopic (exact) mass is 545 g/mol. The number of unbranched alkanes of at least 4 members (excludes halogenated alkanes) is 2. The maximum Gasteiger partial charge on any atom is 0.319 e. The fourth-order valence-electron chi connectivity index (χ4n) is 4.42. The minimum absolute atomic E-state index is 0.190. The van der Waals surface area contributed by atoms with Gasteiger partial charge in [0.2, 0.25) is 12.7 Å². The van der Waals surface area contributed by atoms with Crippen LogP contribution in [0.15, 0.2) is 59.0 Å². The van der Waals surface area contributed by atoms with Crippen LogP contribution in [0.2, 0.25) is 0 Å². The molecule has 0 unspecified atom stereocenters. The zero-order chi connectivity index (χ0) is 27.9. The standard InChI is InChI=1S/C30H31N3O7/c1-3-37-28(34)7-5-4-6-14-31-30(35)33-22-16-21(10-11-24(22)36-2)29-32-23-15-19(8-12-25(23)40-29)20-9-13-26-27(17-20)39-18-38-26/h8-13,15-17H,3-7,14,18H2,1-2H3,(H2,31,33,35). The molecule has 0 saturated heterocycles. The Morgan fingerprint density at radius 1 is 0.925 bits per heavy atom. The van der Waals surface area contributed by atoms with E-state index in [1.165, 1.54) is 0 Å². The number of nitrogens with zero attached hydrogens (tertiary/aromatic N) is 1. The number of carbonyl (C=O) groups is 2. The fourth-order valence-corrected chi connectivity index (χ4v) is 4.42. The Balaban J connectivity index is 1.23. The molecule has 1 aliphatic rings. The van der Waals surface area contributed by atoms with E-state index in [0.717, 1.165) is 41.9 Å². The Morgan fingerprint density at radius 3 is 2.58 bits per heavy atom. The number of amides is 2. The van der Waals surface area contributed by atoms with Crippen molar-refractivity contribution in [3.05, 3.63) is 54.6 Å². The van der Waals surface area contributed by atoms with Gasteiger partial charge in [0.25, 0.3) is 0 Å². The van der Waals surface area contributed by atoms with Crippen molar-refractivity contribution in [2.24, 2.45) is 0 Å². The van der Waals surface area contributed by atoms with Crippen molar-refractivity contribution >= 4 is 28.8 Å². The Labute approximate surface area is 231 Å². The lowest BCUT2D eigenvalue weighted by Crippen LogP contribution is -2.29. The van der Waals surface area contributed by atoms with Crippen LogP contribution < -0.4 is 24.8 Å². The molecule has 0 aliphatic carbocycles. The fraction of sp³-hybridized carbons (Fsp3) is 0.300. The Kier molecular flexibility index (Phi) is 8.34. The van der Waals surface area contributed by atoms with Gasteiger partial charge in [0.1, 0.15) is 11.3 Å². The predicted molar refractivity (Wildman–Crippen MR) is 150 cm³/mol. The quantitative estimate of drug-likeness (QED) is 0.170. The molecule has 0 bridgehead atoms. The van der Waals surface area contributed by atoms with Crippen LogP contribution in [0.25, 0.3) is 33.7 Å². The van der Waals surface area contributed by atoms with E-state index in [4.69, 9.17) is 28.3 Å². The molecule has 0 radical (unpaired) electrons. The lowest BCUT2D eigenvalue weighted by Gasteiger charge is -2.12. The van der Waals surface area contributed by atoms with Gasteiger partial charge in [-0.15, -0.1) is 0 Å². The zero-order valence-electron chi connectivity index (χ0n) is 22.5. The number of benzene rings is 3. The number of rotatable bonds is 11. The second-order valence-corrected chi connectivity index (χ2v) is 9.18. The Morgan fingerprint density at radius 2 is 1.73 bits per heavy atom. The molecule has 0 fully saturated rings. The van der Waals surface area contributed by atoms with E-state index in [-0.39, 0.29) is 18.8 Å². The summed E-state index contributed by atoms with van der Waals surface area (Å²) >= 11 is 0. The van der Waals surface area contributed by atoms with E-state index in [1.807, 2.05) is 42.5 Å². The second-order valence-electron chi connectivity index (χ2n) is 9.18. The first-order valence-corrected chi connectivity index (χ1v) is 13.2. The molecular formula is C30H31N3O7.